The van der Waals surface area contributed by atoms with Crippen molar-refractivity contribution in [2.24, 2.45) is 0 Å². The summed E-state index contributed by atoms with van der Waals surface area (Å²) in [6.07, 6.45) is 0. The highest BCUT2D eigenvalue weighted by Crippen LogP contribution is 2.28. The monoisotopic (exact) mass is 445 g/mol. The van der Waals surface area contributed by atoms with Gasteiger partial charge in [0.05, 0.1) is 22.3 Å². The Morgan fingerprint density at radius 2 is 1.45 bits per heavy atom. The number of carboxylic acid groups (broad SMARTS) is 2. The van der Waals surface area contributed by atoms with Gasteiger partial charge in [0, 0.05) is 16.9 Å². The molecule has 0 atom stereocenters. The number of benzene rings is 2. The summed E-state index contributed by atoms with van der Waals surface area (Å²) in [5.41, 5.74) is 0.0793. The molecule has 0 spiro atoms. The minimum Gasteiger partial charge on any atom is -0.478 e. The Labute approximate surface area is 186 Å². The number of anilines is 2. The molecule has 0 fully saturated rings. The minimum absolute atomic E-state index is 0.0152. The van der Waals surface area contributed by atoms with Crippen LogP contribution in [0, 0.1) is 6.92 Å². The molecule has 0 bridgehead atoms. The van der Waals surface area contributed by atoms with Crippen LogP contribution < -0.4 is 10.2 Å². The molecule has 1 aliphatic heterocycles. The summed E-state index contributed by atoms with van der Waals surface area (Å²) < 4.78 is 0. The quantitative estimate of drug-likeness (QED) is 0.507. The maximum atomic E-state index is 12.9. The van der Waals surface area contributed by atoms with Crippen LogP contribution in [0.5, 0.6) is 0 Å². The lowest BCUT2D eigenvalue weighted by atomic mass is 10.0. The van der Waals surface area contributed by atoms with Crippen LogP contribution in [0.15, 0.2) is 54.6 Å². The molecule has 10 heteroatoms. The molecule has 0 aliphatic carbocycles. The van der Waals surface area contributed by atoms with Crippen molar-refractivity contribution < 1.29 is 34.2 Å². The summed E-state index contributed by atoms with van der Waals surface area (Å²) in [6, 6.07) is 12.0. The predicted octanol–water partition coefficient (Wildman–Crippen LogP) is 2.84. The summed E-state index contributed by atoms with van der Waals surface area (Å²) in [5.74, 6) is -4.48. The van der Waals surface area contributed by atoms with E-state index in [-0.39, 0.29) is 39.3 Å². The molecule has 3 N–H and O–H groups in total. The summed E-state index contributed by atoms with van der Waals surface area (Å²) in [4.78, 5) is 66.0. The molecule has 33 heavy (non-hydrogen) atoms. The van der Waals surface area contributed by atoms with Gasteiger partial charge in [-0.15, -0.1) is 0 Å². The number of carboxylic acids is 2. The number of fused-ring (bicyclic) bond motifs is 1. The fraction of sp³-hybridized carbons (Fsp3) is 0.0435. The van der Waals surface area contributed by atoms with Crippen LogP contribution in [0.3, 0.4) is 0 Å². The van der Waals surface area contributed by atoms with Crippen LogP contribution in [-0.4, -0.2) is 44.9 Å². The first kappa shape index (κ1) is 21.4. The first-order valence-electron chi connectivity index (χ1n) is 9.55. The second kappa shape index (κ2) is 8.00. The standard InChI is InChI=1S/C23H15N3O7/c1-11-3-2-4-18(24-11)26-20(28)16-6-5-12(10-17(16)21(26)29)19(27)25-15-8-13(22(30)31)7-14(9-15)23(32)33/h2-10H,1H3,(H,25,27)(H,30,31)(H,32,33). The first-order valence-corrected chi connectivity index (χ1v) is 9.55. The summed E-state index contributed by atoms with van der Waals surface area (Å²) in [6.45, 7) is 1.72. The lowest BCUT2D eigenvalue weighted by Crippen LogP contribution is -2.30. The Morgan fingerprint density at radius 3 is 2.06 bits per heavy atom. The van der Waals surface area contributed by atoms with E-state index in [2.05, 4.69) is 10.3 Å². The van der Waals surface area contributed by atoms with Crippen LogP contribution in [0.4, 0.5) is 11.5 Å². The van der Waals surface area contributed by atoms with E-state index >= 15 is 0 Å². The van der Waals surface area contributed by atoms with Gasteiger partial charge in [-0.1, -0.05) is 6.07 Å². The molecule has 164 valence electrons. The zero-order valence-electron chi connectivity index (χ0n) is 17.0. The molecule has 4 rings (SSSR count). The van der Waals surface area contributed by atoms with Crippen molar-refractivity contribution in [2.45, 2.75) is 6.92 Å². The molecule has 3 aromatic rings. The molecule has 2 heterocycles. The average Bonchev–Trinajstić information content (AvgIpc) is 3.03. The normalized spacial score (nSPS) is 12.5. The average molecular weight is 445 g/mol. The Balaban J connectivity index is 1.64. The molecule has 1 aliphatic rings. The van der Waals surface area contributed by atoms with Crippen molar-refractivity contribution in [2.75, 3.05) is 10.2 Å². The van der Waals surface area contributed by atoms with Gasteiger partial charge >= 0.3 is 11.9 Å². The molecule has 0 unspecified atom stereocenters. The summed E-state index contributed by atoms with van der Waals surface area (Å²) in [7, 11) is 0. The first-order chi connectivity index (χ1) is 15.7. The number of aromatic nitrogens is 1. The van der Waals surface area contributed by atoms with Gasteiger partial charge < -0.3 is 15.5 Å². The van der Waals surface area contributed by atoms with Gasteiger partial charge in [0.15, 0.2) is 0 Å². The van der Waals surface area contributed by atoms with Gasteiger partial charge in [0.2, 0.25) is 0 Å². The van der Waals surface area contributed by atoms with E-state index in [1.807, 2.05) is 0 Å². The summed E-state index contributed by atoms with van der Waals surface area (Å²) >= 11 is 0. The van der Waals surface area contributed by atoms with Gasteiger partial charge in [-0.05, 0) is 55.5 Å². The zero-order valence-corrected chi connectivity index (χ0v) is 17.0. The molecule has 0 saturated heterocycles. The van der Waals surface area contributed by atoms with Crippen molar-refractivity contribution in [3.63, 3.8) is 0 Å². The lowest BCUT2D eigenvalue weighted by molar-refractivity contribution is 0.0695. The topological polar surface area (TPSA) is 154 Å². The van der Waals surface area contributed by atoms with Crippen molar-refractivity contribution >= 4 is 41.2 Å². The van der Waals surface area contributed by atoms with Gasteiger partial charge in [-0.2, -0.15) is 0 Å². The largest absolute Gasteiger partial charge is 0.478 e. The number of aryl methyl sites for hydroxylation is 1. The van der Waals surface area contributed by atoms with Crippen molar-refractivity contribution in [3.8, 4) is 0 Å². The van der Waals surface area contributed by atoms with Gasteiger partial charge in [0.1, 0.15) is 5.82 Å². The van der Waals surface area contributed by atoms with E-state index in [0.29, 0.717) is 5.69 Å². The Morgan fingerprint density at radius 1 is 0.818 bits per heavy atom. The smallest absolute Gasteiger partial charge is 0.335 e. The van der Waals surface area contributed by atoms with Crippen molar-refractivity contribution in [1.82, 2.24) is 4.98 Å². The van der Waals surface area contributed by atoms with E-state index < -0.39 is 29.7 Å². The second-order valence-electron chi connectivity index (χ2n) is 7.21. The number of carbonyl (C=O) groups excluding carboxylic acids is 3. The molecule has 1 aromatic heterocycles. The third kappa shape index (κ3) is 3.92. The highest BCUT2D eigenvalue weighted by atomic mass is 16.4. The fourth-order valence-electron chi connectivity index (χ4n) is 3.39. The number of nitrogens with zero attached hydrogens (tertiary/aromatic N) is 2. The third-order valence-electron chi connectivity index (χ3n) is 4.94. The predicted molar refractivity (Wildman–Crippen MR) is 115 cm³/mol. The molecule has 0 saturated carbocycles. The van der Waals surface area contributed by atoms with Gasteiger partial charge in [0.25, 0.3) is 17.7 Å². The van der Waals surface area contributed by atoms with Crippen LogP contribution >= 0.6 is 0 Å². The lowest BCUT2D eigenvalue weighted by Gasteiger charge is -2.12. The number of aromatic carboxylic acids is 2. The van der Waals surface area contributed by atoms with E-state index in [1.165, 1.54) is 24.3 Å². The number of rotatable bonds is 5. The third-order valence-corrected chi connectivity index (χ3v) is 4.94. The zero-order chi connectivity index (χ0) is 23.9. The molecule has 3 amide bonds. The van der Waals surface area contributed by atoms with Crippen LogP contribution in [0.1, 0.15) is 57.5 Å². The number of hydrogen-bond donors (Lipinski definition) is 3. The van der Waals surface area contributed by atoms with Crippen LogP contribution in [0.25, 0.3) is 0 Å². The van der Waals surface area contributed by atoms with Crippen LogP contribution in [0.2, 0.25) is 0 Å². The van der Waals surface area contributed by atoms with E-state index in [1.54, 1.807) is 19.1 Å². The van der Waals surface area contributed by atoms with E-state index in [9.17, 15) is 34.2 Å². The van der Waals surface area contributed by atoms with Crippen molar-refractivity contribution in [1.29, 1.82) is 0 Å². The number of amides is 3. The Bertz CT molecular complexity index is 1350. The van der Waals surface area contributed by atoms with E-state index in [4.69, 9.17) is 0 Å². The maximum absolute atomic E-state index is 12.9. The molecular weight excluding hydrogens is 430 g/mol. The molecular formula is C23H15N3O7. The number of carbonyl (C=O) groups is 5. The highest BCUT2D eigenvalue weighted by molar-refractivity contribution is 6.34. The number of pyridine rings is 1. The molecule has 2 aromatic carbocycles. The maximum Gasteiger partial charge on any atom is 0.335 e. The SMILES string of the molecule is Cc1cccc(N2C(=O)c3ccc(C(=O)Nc4cc(C(=O)O)cc(C(=O)O)c4)cc3C2=O)n1. The number of hydrogen-bond acceptors (Lipinski definition) is 6. The summed E-state index contributed by atoms with van der Waals surface area (Å²) in [5, 5.41) is 20.8. The molecule has 10 nitrogen and oxygen atoms in total. The highest BCUT2D eigenvalue weighted by Gasteiger charge is 2.38. The fourth-order valence-corrected chi connectivity index (χ4v) is 3.39. The second-order valence-corrected chi connectivity index (χ2v) is 7.21. The van der Waals surface area contributed by atoms with Crippen molar-refractivity contribution in [3.05, 3.63) is 88.1 Å². The van der Waals surface area contributed by atoms with Crippen LogP contribution in [-0.2, 0) is 0 Å². The molecule has 0 radical (unpaired) electrons. The van der Waals surface area contributed by atoms with Gasteiger partial charge in [-0.3, -0.25) is 14.4 Å². The number of nitrogens with one attached hydrogen (secondary N) is 1. The minimum atomic E-state index is -1.36. The van der Waals surface area contributed by atoms with E-state index in [0.717, 1.165) is 23.1 Å². The number of imide groups is 1. The Kier molecular flexibility index (Phi) is 5.18. The Hall–Kier alpha value is -4.86. The van der Waals surface area contributed by atoms with Gasteiger partial charge in [-0.25, -0.2) is 19.5 Å².